The largest absolute Gasteiger partial charge is 0.298 e. The normalized spacial score (nSPS) is 9.75. The van der Waals surface area contributed by atoms with Crippen LogP contribution in [0.1, 0.15) is 26.3 Å². The number of hydrogen-bond donors (Lipinski definition) is 0. The molecule has 0 aliphatic rings. The van der Waals surface area contributed by atoms with Gasteiger partial charge in [0.1, 0.15) is 11.2 Å². The summed E-state index contributed by atoms with van der Waals surface area (Å²) in [6, 6.07) is 4.95. The Morgan fingerprint density at radius 3 is 2.19 bits per heavy atom. The zero-order valence-electron chi connectivity index (χ0n) is 15.9. The molecule has 0 fully saturated rings. The second kappa shape index (κ2) is 10.1. The van der Waals surface area contributed by atoms with Gasteiger partial charge in [-0.1, -0.05) is 23.2 Å². The minimum atomic E-state index is 0.269. The third-order valence-corrected chi connectivity index (χ3v) is 4.39. The van der Waals surface area contributed by atoms with Crippen molar-refractivity contribution in [1.29, 1.82) is 5.26 Å². The van der Waals surface area contributed by atoms with Crippen molar-refractivity contribution in [3.05, 3.63) is 87.6 Å². The third-order valence-electron chi connectivity index (χ3n) is 3.87. The fourth-order valence-corrected chi connectivity index (χ4v) is 2.70. The van der Waals surface area contributed by atoms with E-state index in [-0.39, 0.29) is 5.15 Å². The molecule has 10 nitrogen and oxygen atoms in total. The number of aromatic nitrogens is 6. The lowest BCUT2D eigenvalue weighted by molar-refractivity contribution is 0.111. The van der Waals surface area contributed by atoms with Gasteiger partial charge < -0.3 is 0 Å². The van der Waals surface area contributed by atoms with Crippen LogP contribution in [-0.2, 0) is 0 Å². The fraction of sp³-hybridized carbons (Fsp3) is 0. The Bertz CT molecular complexity index is 1380. The van der Waals surface area contributed by atoms with Crippen LogP contribution in [0.3, 0.4) is 0 Å². The van der Waals surface area contributed by atoms with Crippen LogP contribution in [0.25, 0.3) is 16.4 Å². The molecule has 4 heterocycles. The molecule has 0 aliphatic carbocycles. The SMILES string of the molecule is N#Cc1cnc(-n2cc(C=O)cn2)cc1Cl.[C-]#[N+]c1cnc(Cl)cc1-n1cc(C=O)cn1. The number of carbonyl (C=O) groups is 2. The van der Waals surface area contributed by atoms with Gasteiger partial charge >= 0.3 is 0 Å². The third kappa shape index (κ3) is 5.02. The molecule has 4 aromatic rings. The highest BCUT2D eigenvalue weighted by Crippen LogP contribution is 2.24. The smallest absolute Gasteiger partial charge is 0.230 e. The Labute approximate surface area is 191 Å². The van der Waals surface area contributed by atoms with Gasteiger partial charge in [0.05, 0.1) is 46.4 Å². The number of nitriles is 1. The lowest BCUT2D eigenvalue weighted by atomic mass is 10.3. The Morgan fingerprint density at radius 2 is 1.62 bits per heavy atom. The summed E-state index contributed by atoms with van der Waals surface area (Å²) in [5.74, 6) is 0.456. The maximum atomic E-state index is 10.5. The van der Waals surface area contributed by atoms with Gasteiger partial charge in [-0.2, -0.15) is 15.5 Å². The monoisotopic (exact) mass is 464 g/mol. The summed E-state index contributed by atoms with van der Waals surface area (Å²) < 4.78 is 2.83. The van der Waals surface area contributed by atoms with Gasteiger partial charge in [0.25, 0.3) is 0 Å². The molecule has 4 rings (SSSR count). The molecule has 4 aromatic heterocycles. The number of hydrogen-bond acceptors (Lipinski definition) is 7. The molecule has 0 spiro atoms. The fourth-order valence-electron chi connectivity index (χ4n) is 2.36. The Kier molecular flexibility index (Phi) is 7.03. The molecule has 0 radical (unpaired) electrons. The van der Waals surface area contributed by atoms with Crippen molar-refractivity contribution in [3.8, 4) is 17.6 Å². The van der Waals surface area contributed by atoms with Crippen LogP contribution in [0.15, 0.2) is 49.3 Å². The minimum Gasteiger partial charge on any atom is -0.298 e. The minimum absolute atomic E-state index is 0.269. The molecular weight excluding hydrogens is 455 g/mol. The molecule has 0 aromatic carbocycles. The van der Waals surface area contributed by atoms with Crippen LogP contribution in [-0.4, -0.2) is 42.1 Å². The summed E-state index contributed by atoms with van der Waals surface area (Å²) in [6.07, 6.45) is 9.98. The Hall–Kier alpha value is -4.38. The standard InChI is InChI=1S/2C10H5ClN4O/c1-12-8-4-13-10(11)2-9(8)15-5-7(6-16)3-14-15;11-9-1-10(13-4-8(9)2-12)15-5-7(6-16)3-14-15/h2-6H;1,3-6H. The molecule has 156 valence electrons. The molecular formula is C20H10Cl2N8O2. The van der Waals surface area contributed by atoms with Gasteiger partial charge in [-0.3, -0.25) is 19.3 Å². The van der Waals surface area contributed by atoms with Crippen LogP contribution < -0.4 is 0 Å². The highest BCUT2D eigenvalue weighted by molar-refractivity contribution is 6.31. The molecule has 32 heavy (non-hydrogen) atoms. The summed E-state index contributed by atoms with van der Waals surface area (Å²) in [5.41, 5.74) is 2.01. The number of rotatable bonds is 4. The average Bonchev–Trinajstić information content (AvgIpc) is 3.49. The van der Waals surface area contributed by atoms with Crippen LogP contribution in [0.5, 0.6) is 0 Å². The maximum Gasteiger partial charge on any atom is 0.230 e. The lowest BCUT2D eigenvalue weighted by Gasteiger charge is -2.03. The van der Waals surface area contributed by atoms with E-state index in [4.69, 9.17) is 35.0 Å². The van der Waals surface area contributed by atoms with Crippen molar-refractivity contribution in [2.45, 2.75) is 0 Å². The number of pyridine rings is 2. The highest BCUT2D eigenvalue weighted by atomic mass is 35.5. The predicted molar refractivity (Wildman–Crippen MR) is 114 cm³/mol. The second-order valence-electron chi connectivity index (χ2n) is 5.91. The molecule has 0 bridgehead atoms. The van der Waals surface area contributed by atoms with Gasteiger partial charge in [0.15, 0.2) is 18.4 Å². The van der Waals surface area contributed by atoms with Gasteiger partial charge in [-0.15, -0.1) is 0 Å². The molecule has 0 amide bonds. The molecule has 12 heteroatoms. The lowest BCUT2D eigenvalue weighted by Crippen LogP contribution is -1.98. The molecule has 0 unspecified atom stereocenters. The van der Waals surface area contributed by atoms with Gasteiger partial charge in [0, 0.05) is 30.9 Å². The highest BCUT2D eigenvalue weighted by Gasteiger charge is 2.08. The number of halogens is 2. The van der Waals surface area contributed by atoms with Crippen molar-refractivity contribution >= 4 is 41.5 Å². The van der Waals surface area contributed by atoms with E-state index in [1.54, 1.807) is 0 Å². The summed E-state index contributed by atoms with van der Waals surface area (Å²) in [7, 11) is 0. The first-order chi connectivity index (χ1) is 15.5. The molecule has 0 atom stereocenters. The zero-order valence-corrected chi connectivity index (χ0v) is 17.4. The van der Waals surface area contributed by atoms with Crippen molar-refractivity contribution in [2.24, 2.45) is 0 Å². The first-order valence-corrected chi connectivity index (χ1v) is 9.33. The van der Waals surface area contributed by atoms with E-state index in [1.165, 1.54) is 58.7 Å². The van der Waals surface area contributed by atoms with Gasteiger partial charge in [0.2, 0.25) is 5.69 Å². The van der Waals surface area contributed by atoms with Crippen LogP contribution in [0, 0.1) is 17.9 Å². The van der Waals surface area contributed by atoms with E-state index < -0.39 is 0 Å². The summed E-state index contributed by atoms with van der Waals surface area (Å²) in [4.78, 5) is 32.1. The van der Waals surface area contributed by atoms with Crippen molar-refractivity contribution in [1.82, 2.24) is 29.5 Å². The second-order valence-corrected chi connectivity index (χ2v) is 6.71. The van der Waals surface area contributed by atoms with E-state index in [0.717, 1.165) is 0 Å². The van der Waals surface area contributed by atoms with E-state index in [9.17, 15) is 9.59 Å². The predicted octanol–water partition coefficient (Wildman–Crippen LogP) is 3.89. The van der Waals surface area contributed by atoms with E-state index in [0.29, 0.717) is 51.5 Å². The maximum absolute atomic E-state index is 10.5. The van der Waals surface area contributed by atoms with E-state index in [2.05, 4.69) is 25.0 Å². The van der Waals surface area contributed by atoms with Crippen LogP contribution in [0.4, 0.5) is 5.69 Å². The van der Waals surface area contributed by atoms with Gasteiger partial charge in [-0.25, -0.2) is 14.5 Å². The Balaban J connectivity index is 0.000000181. The van der Waals surface area contributed by atoms with Crippen molar-refractivity contribution in [3.63, 3.8) is 0 Å². The van der Waals surface area contributed by atoms with E-state index >= 15 is 0 Å². The van der Waals surface area contributed by atoms with Crippen molar-refractivity contribution < 1.29 is 9.59 Å². The average molecular weight is 465 g/mol. The molecule has 0 aliphatic heterocycles. The zero-order chi connectivity index (χ0) is 23.1. The first-order valence-electron chi connectivity index (χ1n) is 8.58. The van der Waals surface area contributed by atoms with E-state index in [1.807, 2.05) is 6.07 Å². The van der Waals surface area contributed by atoms with Gasteiger partial charge in [-0.05, 0) is 6.07 Å². The number of nitrogens with zero attached hydrogens (tertiary/aromatic N) is 8. The van der Waals surface area contributed by atoms with Crippen LogP contribution >= 0.6 is 23.2 Å². The van der Waals surface area contributed by atoms with Crippen LogP contribution in [0.2, 0.25) is 10.2 Å². The number of aldehydes is 2. The molecule has 0 saturated heterocycles. The first kappa shape index (κ1) is 22.3. The topological polar surface area (TPSA) is 124 Å². The molecule has 0 N–H and O–H groups in total. The molecule has 0 saturated carbocycles. The summed E-state index contributed by atoms with van der Waals surface area (Å²) >= 11 is 11.6. The number of carbonyl (C=O) groups excluding carboxylic acids is 2. The Morgan fingerprint density at radius 1 is 0.969 bits per heavy atom. The summed E-state index contributed by atoms with van der Waals surface area (Å²) in [5, 5.41) is 17.1. The summed E-state index contributed by atoms with van der Waals surface area (Å²) in [6.45, 7) is 6.99. The quantitative estimate of drug-likeness (QED) is 0.254. The van der Waals surface area contributed by atoms with Crippen molar-refractivity contribution in [2.75, 3.05) is 0 Å².